The molecule has 0 spiro atoms. The second-order valence-electron chi connectivity index (χ2n) is 5.35. The summed E-state index contributed by atoms with van der Waals surface area (Å²) < 4.78 is 2.37. The zero-order valence-corrected chi connectivity index (χ0v) is 15.4. The van der Waals surface area contributed by atoms with Gasteiger partial charge in [0.25, 0.3) is 5.91 Å². The highest BCUT2D eigenvalue weighted by Crippen LogP contribution is 2.28. The van der Waals surface area contributed by atoms with Crippen LogP contribution in [0.4, 0.5) is 5.82 Å². The molecule has 8 heteroatoms. The van der Waals surface area contributed by atoms with Gasteiger partial charge in [0.05, 0.1) is 10.9 Å². The van der Waals surface area contributed by atoms with Gasteiger partial charge in [-0.05, 0) is 30.3 Å². The Morgan fingerprint density at radius 3 is 2.88 bits per heavy atom. The van der Waals surface area contributed by atoms with E-state index >= 15 is 0 Å². The Bertz CT molecular complexity index is 1200. The third-order valence-corrected chi connectivity index (χ3v) is 5.38. The molecular weight excluding hydrogens is 404 g/mol. The fourth-order valence-corrected chi connectivity index (χ4v) is 3.97. The van der Waals surface area contributed by atoms with Crippen LogP contribution in [0.5, 0.6) is 5.88 Å². The fourth-order valence-electron chi connectivity index (χ4n) is 2.53. The summed E-state index contributed by atoms with van der Waals surface area (Å²) in [6.45, 7) is 0. The van der Waals surface area contributed by atoms with E-state index < -0.39 is 0 Å². The van der Waals surface area contributed by atoms with E-state index in [1.165, 1.54) is 15.9 Å². The average Bonchev–Trinajstić information content (AvgIpc) is 3.06. The normalized spacial score (nSPS) is 13.9. The van der Waals surface area contributed by atoms with Gasteiger partial charge in [0.15, 0.2) is 10.6 Å². The monoisotopic (exact) mass is 414 g/mol. The highest BCUT2D eigenvalue weighted by molar-refractivity contribution is 9.10. The molecule has 0 unspecified atom stereocenters. The van der Waals surface area contributed by atoms with Crippen LogP contribution in [-0.4, -0.2) is 20.6 Å². The largest absolute Gasteiger partial charge is 0.493 e. The molecule has 6 nitrogen and oxygen atoms in total. The quantitative estimate of drug-likeness (QED) is 0.690. The number of pyridine rings is 1. The Morgan fingerprint density at radius 2 is 2.12 bits per heavy atom. The molecule has 0 fully saturated rings. The first-order valence-electron chi connectivity index (χ1n) is 7.32. The van der Waals surface area contributed by atoms with Crippen molar-refractivity contribution < 1.29 is 9.90 Å². The number of nitrogens with zero attached hydrogens (tertiary/aromatic N) is 4. The van der Waals surface area contributed by atoms with Gasteiger partial charge in [0, 0.05) is 22.9 Å². The number of aromatic hydroxyl groups is 1. The molecule has 0 saturated heterocycles. The number of rotatable bonds is 2. The van der Waals surface area contributed by atoms with Crippen LogP contribution in [0.25, 0.3) is 5.57 Å². The van der Waals surface area contributed by atoms with Crippen molar-refractivity contribution in [3.63, 3.8) is 0 Å². The van der Waals surface area contributed by atoms with Crippen LogP contribution in [0.15, 0.2) is 57.1 Å². The van der Waals surface area contributed by atoms with Crippen LogP contribution in [0, 0.1) is 0 Å². The summed E-state index contributed by atoms with van der Waals surface area (Å²) in [5, 5.41) is 11.8. The minimum Gasteiger partial charge on any atom is -0.493 e. The number of amides is 1. The molecule has 1 aliphatic rings. The molecule has 0 atom stereocenters. The van der Waals surface area contributed by atoms with Gasteiger partial charge in [-0.1, -0.05) is 33.3 Å². The first kappa shape index (κ1) is 15.9. The van der Waals surface area contributed by atoms with E-state index in [1.807, 2.05) is 18.2 Å². The van der Waals surface area contributed by atoms with Crippen molar-refractivity contribution in [3.8, 4) is 5.88 Å². The predicted octanol–water partition coefficient (Wildman–Crippen LogP) is 1.54. The van der Waals surface area contributed by atoms with E-state index in [2.05, 4.69) is 30.9 Å². The molecule has 25 heavy (non-hydrogen) atoms. The number of benzene rings is 1. The van der Waals surface area contributed by atoms with Crippen molar-refractivity contribution in [1.29, 1.82) is 0 Å². The maximum absolute atomic E-state index is 12.4. The number of aromatic nitrogens is 2. The molecule has 1 aromatic carbocycles. The molecule has 2 aromatic heterocycles. The lowest BCUT2D eigenvalue weighted by molar-refractivity contribution is -0.112. The maximum Gasteiger partial charge on any atom is 0.279 e. The third kappa shape index (κ3) is 2.73. The molecule has 4 rings (SSSR count). The molecule has 3 aromatic rings. The van der Waals surface area contributed by atoms with Gasteiger partial charge in [0.1, 0.15) is 4.88 Å². The molecule has 0 bridgehead atoms. The van der Waals surface area contributed by atoms with Crippen molar-refractivity contribution in [2.75, 3.05) is 0 Å². The van der Waals surface area contributed by atoms with Crippen LogP contribution in [0.3, 0.4) is 0 Å². The first-order valence-corrected chi connectivity index (χ1v) is 8.93. The number of hydrogen-bond acceptors (Lipinski definition) is 5. The van der Waals surface area contributed by atoms with Gasteiger partial charge in [-0.2, -0.15) is 0 Å². The minimum absolute atomic E-state index is 0.0222. The van der Waals surface area contributed by atoms with Crippen LogP contribution in [0.1, 0.15) is 4.88 Å². The van der Waals surface area contributed by atoms with Crippen molar-refractivity contribution in [1.82, 2.24) is 9.55 Å². The van der Waals surface area contributed by atoms with Gasteiger partial charge >= 0.3 is 0 Å². The fraction of sp³-hybridized carbons (Fsp3) is 0.0588. The summed E-state index contributed by atoms with van der Waals surface area (Å²) in [6.07, 6.45) is 1.65. The van der Waals surface area contributed by atoms with E-state index in [9.17, 15) is 9.90 Å². The maximum atomic E-state index is 12.4. The zero-order chi connectivity index (χ0) is 17.6. The molecular formula is C17H11BrN4O2S. The number of carbonyl (C=O) groups is 1. The first-order chi connectivity index (χ1) is 12.0. The van der Waals surface area contributed by atoms with Gasteiger partial charge in [0.2, 0.25) is 5.88 Å². The number of halogens is 1. The summed E-state index contributed by atoms with van der Waals surface area (Å²) in [5.41, 5.74) is 0.386. The van der Waals surface area contributed by atoms with E-state index in [-0.39, 0.29) is 11.8 Å². The Labute approximate surface area is 154 Å². The van der Waals surface area contributed by atoms with E-state index in [4.69, 9.17) is 0 Å². The molecule has 124 valence electrons. The predicted molar refractivity (Wildman–Crippen MR) is 96.9 cm³/mol. The number of fused-ring (bicyclic) bond motifs is 1. The molecule has 3 heterocycles. The molecule has 0 aliphatic carbocycles. The average molecular weight is 415 g/mol. The van der Waals surface area contributed by atoms with Gasteiger partial charge in [-0.15, -0.1) is 0 Å². The van der Waals surface area contributed by atoms with Crippen LogP contribution < -0.4 is 15.4 Å². The van der Waals surface area contributed by atoms with Crippen LogP contribution >= 0.6 is 27.3 Å². The summed E-state index contributed by atoms with van der Waals surface area (Å²) in [7, 11) is 1.69. The molecule has 0 saturated carbocycles. The Balaban J connectivity index is 1.99. The molecule has 0 radical (unpaired) electrons. The lowest BCUT2D eigenvalue weighted by Gasteiger charge is -1.98. The highest BCUT2D eigenvalue weighted by atomic mass is 79.9. The Kier molecular flexibility index (Phi) is 3.85. The van der Waals surface area contributed by atoms with E-state index in [0.29, 0.717) is 31.6 Å². The second kappa shape index (κ2) is 6.05. The Hall–Kier alpha value is -2.58. The molecule has 1 N–H and O–H groups in total. The topological polar surface area (TPSA) is 79.8 Å². The van der Waals surface area contributed by atoms with Gasteiger partial charge in [-0.25, -0.2) is 15.0 Å². The van der Waals surface area contributed by atoms with Crippen LogP contribution in [0.2, 0.25) is 0 Å². The summed E-state index contributed by atoms with van der Waals surface area (Å²) in [5.74, 6) is 0.141. The number of thiazole rings is 1. The highest BCUT2D eigenvalue weighted by Gasteiger charge is 2.24. The number of hydrogen-bond donors (Lipinski definition) is 1. The van der Waals surface area contributed by atoms with Crippen LogP contribution in [-0.2, 0) is 11.8 Å². The lowest BCUT2D eigenvalue weighted by atomic mass is 10.1. The minimum atomic E-state index is -0.366. The van der Waals surface area contributed by atoms with E-state index in [1.54, 1.807) is 31.4 Å². The lowest BCUT2D eigenvalue weighted by Crippen LogP contribution is -2.22. The van der Waals surface area contributed by atoms with Crippen molar-refractivity contribution >= 4 is 44.6 Å². The smallest absolute Gasteiger partial charge is 0.279 e. The summed E-state index contributed by atoms with van der Waals surface area (Å²) in [4.78, 5) is 26.0. The zero-order valence-electron chi connectivity index (χ0n) is 13.0. The summed E-state index contributed by atoms with van der Waals surface area (Å²) in [6, 6.07) is 10.8. The van der Waals surface area contributed by atoms with Crippen molar-refractivity contribution in [2.45, 2.75) is 0 Å². The van der Waals surface area contributed by atoms with Gasteiger partial charge < -0.3 is 5.11 Å². The van der Waals surface area contributed by atoms with E-state index in [0.717, 1.165) is 4.47 Å². The SMILES string of the molecule is Cn1c(O)c(C2=c3cc(Br)ccc3=NC2=O)s/c1=N/c1ccccn1. The third-order valence-electron chi connectivity index (χ3n) is 3.75. The van der Waals surface area contributed by atoms with Crippen molar-refractivity contribution in [3.05, 3.63) is 67.3 Å². The Morgan fingerprint density at radius 1 is 1.28 bits per heavy atom. The summed E-state index contributed by atoms with van der Waals surface area (Å²) >= 11 is 4.63. The standard InChI is InChI=1S/C17H11BrN4O2S/c1-22-16(24)14(25-17(22)21-12-4-2-3-7-19-12)13-10-8-9(18)5-6-11(10)20-15(13)23/h2-8,24H,1H3/b21-17+. The molecule has 1 amide bonds. The van der Waals surface area contributed by atoms with Crippen molar-refractivity contribution in [2.24, 2.45) is 17.0 Å². The number of carbonyl (C=O) groups excluding carboxylic acids is 1. The van der Waals surface area contributed by atoms with Gasteiger partial charge in [-0.3, -0.25) is 9.36 Å². The molecule has 1 aliphatic heterocycles. The second-order valence-corrected chi connectivity index (χ2v) is 7.24.